The topological polar surface area (TPSA) is 42.2 Å². The fourth-order valence-electron chi connectivity index (χ4n) is 3.37. The van der Waals surface area contributed by atoms with Gasteiger partial charge in [-0.05, 0) is 68.0 Å². The van der Waals surface area contributed by atoms with E-state index in [0.717, 1.165) is 28.3 Å². The maximum Gasteiger partial charge on any atom is 0.134 e. The van der Waals surface area contributed by atoms with E-state index in [4.69, 9.17) is 4.98 Å². The zero-order valence-corrected chi connectivity index (χ0v) is 13.7. The SMILES string of the molecule is CNCC1CCC(c2nc(Br)c3c(C)nccn23)CC1. The second kappa shape index (κ2) is 5.82. The molecule has 4 nitrogen and oxygen atoms in total. The number of imidazole rings is 1. The fourth-order valence-corrected chi connectivity index (χ4v) is 4.03. The van der Waals surface area contributed by atoms with Gasteiger partial charge in [0.2, 0.25) is 0 Å². The van der Waals surface area contributed by atoms with Crippen LogP contribution in [-0.2, 0) is 0 Å². The second-order valence-electron chi connectivity index (χ2n) is 5.77. The van der Waals surface area contributed by atoms with Gasteiger partial charge in [-0.25, -0.2) is 4.98 Å². The third kappa shape index (κ3) is 2.49. The van der Waals surface area contributed by atoms with Crippen molar-refractivity contribution < 1.29 is 0 Å². The Bertz CT molecular complexity index is 599. The van der Waals surface area contributed by atoms with Crippen LogP contribution >= 0.6 is 15.9 Å². The first-order chi connectivity index (χ1) is 9.70. The lowest BCUT2D eigenvalue weighted by atomic mass is 9.81. The van der Waals surface area contributed by atoms with Crippen molar-refractivity contribution in [2.75, 3.05) is 13.6 Å². The lowest BCUT2D eigenvalue weighted by molar-refractivity contribution is 0.313. The van der Waals surface area contributed by atoms with Gasteiger partial charge in [0.25, 0.3) is 0 Å². The Morgan fingerprint density at radius 2 is 2.10 bits per heavy atom. The van der Waals surface area contributed by atoms with E-state index in [1.807, 2.05) is 26.4 Å². The van der Waals surface area contributed by atoms with Crippen LogP contribution in [0.2, 0.25) is 0 Å². The molecule has 1 aliphatic rings. The molecule has 108 valence electrons. The Hall–Kier alpha value is -0.940. The lowest BCUT2D eigenvalue weighted by Crippen LogP contribution is -2.24. The van der Waals surface area contributed by atoms with E-state index in [9.17, 15) is 0 Å². The smallest absolute Gasteiger partial charge is 0.134 e. The molecule has 0 amide bonds. The highest BCUT2D eigenvalue weighted by Crippen LogP contribution is 2.36. The third-order valence-electron chi connectivity index (χ3n) is 4.43. The van der Waals surface area contributed by atoms with E-state index >= 15 is 0 Å². The molecule has 0 spiro atoms. The van der Waals surface area contributed by atoms with Crippen LogP contribution in [0.5, 0.6) is 0 Å². The van der Waals surface area contributed by atoms with Crippen molar-refractivity contribution >= 4 is 21.4 Å². The van der Waals surface area contributed by atoms with Crippen molar-refractivity contribution in [2.45, 2.75) is 38.5 Å². The Labute approximate surface area is 128 Å². The van der Waals surface area contributed by atoms with E-state index in [-0.39, 0.29) is 0 Å². The number of halogens is 1. The van der Waals surface area contributed by atoms with Crippen LogP contribution in [0, 0.1) is 12.8 Å². The minimum absolute atomic E-state index is 0.573. The number of hydrogen-bond donors (Lipinski definition) is 1. The van der Waals surface area contributed by atoms with Gasteiger partial charge in [0.1, 0.15) is 15.9 Å². The molecule has 1 fully saturated rings. The number of aromatic nitrogens is 3. The molecular formula is C15H21BrN4. The van der Waals surface area contributed by atoms with E-state index in [0.29, 0.717) is 5.92 Å². The van der Waals surface area contributed by atoms with E-state index in [2.05, 4.69) is 30.6 Å². The summed E-state index contributed by atoms with van der Waals surface area (Å²) in [4.78, 5) is 9.13. The van der Waals surface area contributed by atoms with Crippen LogP contribution in [0.15, 0.2) is 17.0 Å². The fraction of sp³-hybridized carbons (Fsp3) is 0.600. The largest absolute Gasteiger partial charge is 0.319 e. The summed E-state index contributed by atoms with van der Waals surface area (Å²) in [6.07, 6.45) is 8.96. The van der Waals surface area contributed by atoms with Crippen molar-refractivity contribution in [3.05, 3.63) is 28.5 Å². The van der Waals surface area contributed by atoms with Crippen molar-refractivity contribution in [2.24, 2.45) is 5.92 Å². The van der Waals surface area contributed by atoms with Gasteiger partial charge in [0, 0.05) is 18.3 Å². The summed E-state index contributed by atoms with van der Waals surface area (Å²) in [6, 6.07) is 0. The number of rotatable bonds is 3. The van der Waals surface area contributed by atoms with Crippen LogP contribution in [0.3, 0.4) is 0 Å². The lowest BCUT2D eigenvalue weighted by Gasteiger charge is -2.27. The predicted molar refractivity (Wildman–Crippen MR) is 84.0 cm³/mol. The van der Waals surface area contributed by atoms with Crippen molar-refractivity contribution in [1.29, 1.82) is 0 Å². The van der Waals surface area contributed by atoms with Gasteiger partial charge in [-0.3, -0.25) is 9.38 Å². The number of nitrogens with one attached hydrogen (secondary N) is 1. The first kappa shape index (κ1) is 14.0. The molecule has 5 heteroatoms. The van der Waals surface area contributed by atoms with Crippen LogP contribution < -0.4 is 5.32 Å². The molecule has 0 radical (unpaired) electrons. The van der Waals surface area contributed by atoms with Crippen LogP contribution in [0.1, 0.15) is 43.1 Å². The first-order valence-corrected chi connectivity index (χ1v) is 8.13. The molecule has 2 heterocycles. The maximum atomic E-state index is 4.77. The average Bonchev–Trinajstić information content (AvgIpc) is 2.79. The van der Waals surface area contributed by atoms with Crippen LogP contribution in [0.4, 0.5) is 0 Å². The van der Waals surface area contributed by atoms with Gasteiger partial charge in [0.05, 0.1) is 5.69 Å². The van der Waals surface area contributed by atoms with E-state index in [1.165, 1.54) is 31.5 Å². The normalized spacial score (nSPS) is 23.4. The number of aryl methyl sites for hydroxylation is 1. The number of hydrogen-bond acceptors (Lipinski definition) is 3. The van der Waals surface area contributed by atoms with Gasteiger partial charge in [-0.2, -0.15) is 0 Å². The Kier molecular flexibility index (Phi) is 4.08. The molecule has 1 saturated carbocycles. The molecular weight excluding hydrogens is 316 g/mol. The summed E-state index contributed by atoms with van der Waals surface area (Å²) >= 11 is 3.59. The van der Waals surface area contributed by atoms with E-state index in [1.54, 1.807) is 0 Å². The minimum Gasteiger partial charge on any atom is -0.319 e. The Balaban J connectivity index is 1.87. The quantitative estimate of drug-likeness (QED) is 0.935. The minimum atomic E-state index is 0.573. The molecule has 20 heavy (non-hydrogen) atoms. The van der Waals surface area contributed by atoms with E-state index < -0.39 is 0 Å². The van der Waals surface area contributed by atoms with Crippen molar-refractivity contribution in [1.82, 2.24) is 19.7 Å². The molecule has 2 aromatic heterocycles. The molecule has 0 unspecified atom stereocenters. The number of nitrogens with zero attached hydrogens (tertiary/aromatic N) is 3. The summed E-state index contributed by atoms with van der Waals surface area (Å²) in [5, 5.41) is 3.30. The standard InChI is InChI=1S/C15H21BrN4/c1-10-13-14(16)19-15(20(13)8-7-18-10)12-5-3-11(4-6-12)9-17-2/h7-8,11-12,17H,3-6,9H2,1-2H3. The molecule has 2 aromatic rings. The molecule has 0 saturated heterocycles. The molecule has 0 atom stereocenters. The van der Waals surface area contributed by atoms with Gasteiger partial charge >= 0.3 is 0 Å². The zero-order chi connectivity index (χ0) is 14.1. The maximum absolute atomic E-state index is 4.77. The van der Waals surface area contributed by atoms with Crippen molar-refractivity contribution in [3.63, 3.8) is 0 Å². The summed E-state index contributed by atoms with van der Waals surface area (Å²) in [7, 11) is 2.04. The van der Waals surface area contributed by atoms with Gasteiger partial charge in [0.15, 0.2) is 0 Å². The zero-order valence-electron chi connectivity index (χ0n) is 12.1. The van der Waals surface area contributed by atoms with Crippen LogP contribution in [0.25, 0.3) is 5.52 Å². The predicted octanol–water partition coefficient (Wildman–Crippen LogP) is 3.29. The summed E-state index contributed by atoms with van der Waals surface area (Å²) in [5.41, 5.74) is 2.14. The van der Waals surface area contributed by atoms with Crippen LogP contribution in [-0.4, -0.2) is 28.0 Å². The molecule has 1 aliphatic carbocycles. The summed E-state index contributed by atoms with van der Waals surface area (Å²) < 4.78 is 3.14. The Morgan fingerprint density at radius 1 is 1.35 bits per heavy atom. The summed E-state index contributed by atoms with van der Waals surface area (Å²) in [6.45, 7) is 3.18. The van der Waals surface area contributed by atoms with Gasteiger partial charge in [-0.1, -0.05) is 0 Å². The first-order valence-electron chi connectivity index (χ1n) is 7.34. The molecule has 0 bridgehead atoms. The van der Waals surface area contributed by atoms with Gasteiger partial charge < -0.3 is 5.32 Å². The molecule has 3 rings (SSSR count). The molecule has 0 aliphatic heterocycles. The summed E-state index contributed by atoms with van der Waals surface area (Å²) in [5.74, 6) is 2.60. The number of fused-ring (bicyclic) bond motifs is 1. The van der Waals surface area contributed by atoms with Crippen molar-refractivity contribution in [3.8, 4) is 0 Å². The average molecular weight is 337 g/mol. The highest BCUT2D eigenvalue weighted by atomic mass is 79.9. The molecule has 0 aromatic carbocycles. The molecule has 1 N–H and O–H groups in total. The highest BCUT2D eigenvalue weighted by Gasteiger charge is 2.26. The second-order valence-corrected chi connectivity index (χ2v) is 6.52. The Morgan fingerprint density at radius 3 is 2.80 bits per heavy atom. The highest BCUT2D eigenvalue weighted by molar-refractivity contribution is 9.10. The van der Waals surface area contributed by atoms with Gasteiger partial charge in [-0.15, -0.1) is 0 Å². The third-order valence-corrected chi connectivity index (χ3v) is 4.98. The monoisotopic (exact) mass is 336 g/mol.